The van der Waals surface area contributed by atoms with Gasteiger partial charge >= 0.3 is 0 Å². The lowest BCUT2D eigenvalue weighted by atomic mass is 10.0. The van der Waals surface area contributed by atoms with Gasteiger partial charge in [-0.15, -0.1) is 0 Å². The Morgan fingerprint density at radius 2 is 2.17 bits per heavy atom. The third-order valence-electron chi connectivity index (χ3n) is 4.59. The van der Waals surface area contributed by atoms with Crippen LogP contribution in [0.5, 0.6) is 5.75 Å². The van der Waals surface area contributed by atoms with Crippen LogP contribution >= 0.6 is 0 Å². The van der Waals surface area contributed by atoms with E-state index in [4.69, 9.17) is 9.47 Å². The molecule has 5 heteroatoms. The Morgan fingerprint density at radius 3 is 2.87 bits per heavy atom. The molecule has 2 aliphatic rings. The average molecular weight is 318 g/mol. The molecule has 126 valence electrons. The molecule has 1 aromatic carbocycles. The van der Waals surface area contributed by atoms with Gasteiger partial charge in [0.25, 0.3) is 0 Å². The predicted octanol–water partition coefficient (Wildman–Crippen LogP) is 1.42. The quantitative estimate of drug-likeness (QED) is 0.795. The maximum absolute atomic E-state index is 12.5. The zero-order chi connectivity index (χ0) is 16.2. The molecule has 1 amide bonds. The molecule has 0 N–H and O–H groups in total. The maximum Gasteiger partial charge on any atom is 0.226 e. The summed E-state index contributed by atoms with van der Waals surface area (Å²) in [6.07, 6.45) is 1.41. The number of ether oxygens (including phenoxy) is 2. The van der Waals surface area contributed by atoms with Crippen LogP contribution in [0.4, 0.5) is 0 Å². The molecular weight excluding hydrogens is 292 g/mol. The van der Waals surface area contributed by atoms with Gasteiger partial charge in [0, 0.05) is 44.6 Å². The van der Waals surface area contributed by atoms with Crippen LogP contribution in [0.3, 0.4) is 0 Å². The van der Waals surface area contributed by atoms with Crippen molar-refractivity contribution >= 4 is 5.91 Å². The highest BCUT2D eigenvalue weighted by atomic mass is 16.5. The number of benzene rings is 1. The van der Waals surface area contributed by atoms with Crippen molar-refractivity contribution in [3.63, 3.8) is 0 Å². The van der Waals surface area contributed by atoms with E-state index < -0.39 is 0 Å². The van der Waals surface area contributed by atoms with E-state index in [-0.39, 0.29) is 12.0 Å². The Labute approximate surface area is 138 Å². The Balaban J connectivity index is 1.56. The highest BCUT2D eigenvalue weighted by Crippen LogP contribution is 2.23. The number of rotatable bonds is 6. The standard InChI is InChI=1S/C18H26N2O3/c1-19-10-14(11-19)12-20(2)18(21)9-15-5-3-4-6-17(15)23-16-7-8-22-13-16/h3-6,14,16H,7-13H2,1-2H3. The van der Waals surface area contributed by atoms with E-state index in [2.05, 4.69) is 11.9 Å². The van der Waals surface area contributed by atoms with E-state index in [1.165, 1.54) is 0 Å². The van der Waals surface area contributed by atoms with Gasteiger partial charge in [0.1, 0.15) is 11.9 Å². The number of likely N-dealkylation sites (N-methyl/N-ethyl adjacent to an activating group) is 1. The van der Waals surface area contributed by atoms with Crippen LogP contribution < -0.4 is 4.74 Å². The van der Waals surface area contributed by atoms with Crippen LogP contribution in [0.25, 0.3) is 0 Å². The molecule has 23 heavy (non-hydrogen) atoms. The molecule has 0 spiro atoms. The zero-order valence-electron chi connectivity index (χ0n) is 14.0. The van der Waals surface area contributed by atoms with Gasteiger partial charge in [0.15, 0.2) is 0 Å². The molecule has 5 nitrogen and oxygen atoms in total. The summed E-state index contributed by atoms with van der Waals surface area (Å²) < 4.78 is 11.4. The van der Waals surface area contributed by atoms with Gasteiger partial charge in [0.05, 0.1) is 19.6 Å². The molecule has 0 saturated carbocycles. The highest BCUT2D eigenvalue weighted by Gasteiger charge is 2.26. The summed E-state index contributed by atoms with van der Waals surface area (Å²) in [5.74, 6) is 1.57. The molecule has 2 aliphatic heterocycles. The summed E-state index contributed by atoms with van der Waals surface area (Å²) in [5, 5.41) is 0. The van der Waals surface area contributed by atoms with Gasteiger partial charge in [-0.1, -0.05) is 18.2 Å². The van der Waals surface area contributed by atoms with Crippen molar-refractivity contribution in [3.05, 3.63) is 29.8 Å². The highest BCUT2D eigenvalue weighted by molar-refractivity contribution is 5.79. The van der Waals surface area contributed by atoms with Crippen LogP contribution in [-0.2, 0) is 16.0 Å². The van der Waals surface area contributed by atoms with Crippen molar-refractivity contribution in [1.29, 1.82) is 0 Å². The minimum atomic E-state index is 0.106. The van der Waals surface area contributed by atoms with E-state index in [0.29, 0.717) is 18.9 Å². The van der Waals surface area contributed by atoms with Gasteiger partial charge < -0.3 is 19.3 Å². The second-order valence-corrected chi connectivity index (χ2v) is 6.75. The Bertz CT molecular complexity index is 537. The molecular formula is C18H26N2O3. The van der Waals surface area contributed by atoms with E-state index in [1.54, 1.807) is 0 Å². The molecule has 0 aliphatic carbocycles. The maximum atomic E-state index is 12.5. The molecule has 0 radical (unpaired) electrons. The van der Waals surface area contributed by atoms with Gasteiger partial charge in [0.2, 0.25) is 5.91 Å². The van der Waals surface area contributed by atoms with Crippen LogP contribution in [0, 0.1) is 5.92 Å². The fourth-order valence-corrected chi connectivity index (χ4v) is 3.28. The van der Waals surface area contributed by atoms with Crippen LogP contribution in [0.2, 0.25) is 0 Å². The van der Waals surface area contributed by atoms with Crippen molar-refractivity contribution in [3.8, 4) is 5.75 Å². The third kappa shape index (κ3) is 4.24. The van der Waals surface area contributed by atoms with Gasteiger partial charge in [-0.25, -0.2) is 0 Å². The molecule has 0 aromatic heterocycles. The van der Waals surface area contributed by atoms with E-state index in [9.17, 15) is 4.79 Å². The average Bonchev–Trinajstić information content (AvgIpc) is 3.00. The lowest BCUT2D eigenvalue weighted by Gasteiger charge is -2.38. The number of hydrogen-bond donors (Lipinski definition) is 0. The fourth-order valence-electron chi connectivity index (χ4n) is 3.28. The first kappa shape index (κ1) is 16.3. The number of para-hydroxylation sites is 1. The van der Waals surface area contributed by atoms with Crippen molar-refractivity contribution < 1.29 is 14.3 Å². The number of likely N-dealkylation sites (tertiary alicyclic amines) is 1. The van der Waals surface area contributed by atoms with E-state index >= 15 is 0 Å². The summed E-state index contributed by atoms with van der Waals surface area (Å²) >= 11 is 0. The third-order valence-corrected chi connectivity index (χ3v) is 4.59. The Kier molecular flexibility index (Phi) is 5.18. The van der Waals surface area contributed by atoms with Crippen LogP contribution in [-0.4, -0.2) is 68.8 Å². The molecule has 1 unspecified atom stereocenters. The number of hydrogen-bond acceptors (Lipinski definition) is 4. The Hall–Kier alpha value is -1.59. The number of nitrogens with zero attached hydrogens (tertiary/aromatic N) is 2. The zero-order valence-corrected chi connectivity index (χ0v) is 14.0. The van der Waals surface area contributed by atoms with Crippen molar-refractivity contribution in [1.82, 2.24) is 9.80 Å². The first-order chi connectivity index (χ1) is 11.1. The number of carbonyl (C=O) groups excluding carboxylic acids is 1. The minimum absolute atomic E-state index is 0.106. The molecule has 2 fully saturated rings. The summed E-state index contributed by atoms with van der Waals surface area (Å²) in [6, 6.07) is 7.84. The van der Waals surface area contributed by atoms with Gasteiger partial charge in [-0.05, 0) is 13.1 Å². The summed E-state index contributed by atoms with van der Waals surface area (Å²) in [7, 11) is 4.01. The SMILES string of the molecule is CN1CC(CN(C)C(=O)Cc2ccccc2OC2CCOC2)C1. The first-order valence-electron chi connectivity index (χ1n) is 8.36. The lowest BCUT2D eigenvalue weighted by Crippen LogP contribution is -2.49. The predicted molar refractivity (Wildman–Crippen MR) is 88.6 cm³/mol. The largest absolute Gasteiger partial charge is 0.488 e. The van der Waals surface area contributed by atoms with E-state index in [1.807, 2.05) is 36.2 Å². The topological polar surface area (TPSA) is 42.0 Å². The minimum Gasteiger partial charge on any atom is -0.488 e. The van der Waals surface area contributed by atoms with Crippen LogP contribution in [0.15, 0.2) is 24.3 Å². The van der Waals surface area contributed by atoms with Crippen LogP contribution in [0.1, 0.15) is 12.0 Å². The molecule has 3 rings (SSSR count). The molecule has 1 aromatic rings. The van der Waals surface area contributed by atoms with Gasteiger partial charge in [-0.3, -0.25) is 4.79 Å². The van der Waals surface area contributed by atoms with Crippen molar-refractivity contribution in [2.24, 2.45) is 5.92 Å². The first-order valence-corrected chi connectivity index (χ1v) is 8.36. The molecule has 2 saturated heterocycles. The lowest BCUT2D eigenvalue weighted by molar-refractivity contribution is -0.130. The normalized spacial score (nSPS) is 21.9. The molecule has 1 atom stereocenters. The second-order valence-electron chi connectivity index (χ2n) is 6.75. The summed E-state index contributed by atoms with van der Waals surface area (Å²) in [4.78, 5) is 16.6. The van der Waals surface area contributed by atoms with Crippen molar-refractivity contribution in [2.75, 3.05) is 46.9 Å². The molecule has 0 bridgehead atoms. The number of carbonyl (C=O) groups is 1. The Morgan fingerprint density at radius 1 is 1.39 bits per heavy atom. The fraction of sp³-hybridized carbons (Fsp3) is 0.611. The van der Waals surface area contributed by atoms with Crippen molar-refractivity contribution in [2.45, 2.75) is 18.9 Å². The smallest absolute Gasteiger partial charge is 0.226 e. The second kappa shape index (κ2) is 7.32. The summed E-state index contributed by atoms with van der Waals surface area (Å²) in [5.41, 5.74) is 0.960. The monoisotopic (exact) mass is 318 g/mol. The van der Waals surface area contributed by atoms with Gasteiger partial charge in [-0.2, -0.15) is 0 Å². The molecule has 2 heterocycles. The summed E-state index contributed by atoms with van der Waals surface area (Å²) in [6.45, 7) is 4.39. The van der Waals surface area contributed by atoms with E-state index in [0.717, 1.165) is 44.0 Å². The number of amides is 1.